The molecule has 0 spiro atoms. The highest BCUT2D eigenvalue weighted by Gasteiger charge is 2.62. The maximum absolute atomic E-state index is 12.3. The van der Waals surface area contributed by atoms with Crippen LogP contribution in [0.3, 0.4) is 0 Å². The summed E-state index contributed by atoms with van der Waals surface area (Å²) in [5.74, 6) is 1.13. The number of carbonyl (C=O) groups is 1. The fourth-order valence-corrected chi connectivity index (χ4v) is 8.14. The van der Waals surface area contributed by atoms with Crippen LogP contribution in [0.2, 0.25) is 0 Å². The molecule has 158 valence electrons. The molecule has 0 radical (unpaired) electrons. The summed E-state index contributed by atoms with van der Waals surface area (Å²) < 4.78 is 36.1. The van der Waals surface area contributed by atoms with Crippen molar-refractivity contribution in [3.63, 3.8) is 0 Å². The van der Waals surface area contributed by atoms with Crippen molar-refractivity contribution in [2.45, 2.75) is 77.9 Å². The molecular formula is C21H32O6S. The molecule has 0 bridgehead atoms. The normalized spacial score (nSPS) is 48.2. The summed E-state index contributed by atoms with van der Waals surface area (Å²) in [5.41, 5.74) is 1.13. The summed E-state index contributed by atoms with van der Waals surface area (Å²) in [6.07, 6.45) is 6.81. The van der Waals surface area contributed by atoms with Gasteiger partial charge in [-0.2, -0.15) is 8.42 Å². The van der Waals surface area contributed by atoms with Gasteiger partial charge in [0, 0.05) is 5.92 Å². The number of aliphatic hydroxyl groups is 1. The zero-order chi connectivity index (χ0) is 20.5. The molecule has 4 aliphatic rings. The van der Waals surface area contributed by atoms with E-state index >= 15 is 0 Å². The molecule has 0 aromatic heterocycles. The molecule has 0 heterocycles. The SMILES string of the molecule is CC(=O)[C@H]1[C@H](O)C[C@H]2[C@@H]3CC=C4C[C@@H](OS(=O)(=O)O)CC[C@]4(C)[C@H]3CC[C@@]21C. The van der Waals surface area contributed by atoms with Crippen LogP contribution in [0.15, 0.2) is 11.6 Å². The number of hydrogen-bond acceptors (Lipinski definition) is 5. The van der Waals surface area contributed by atoms with Crippen molar-refractivity contribution in [2.75, 3.05) is 0 Å². The molecule has 0 saturated heterocycles. The lowest BCUT2D eigenvalue weighted by Crippen LogP contribution is -2.51. The number of rotatable bonds is 3. The van der Waals surface area contributed by atoms with Gasteiger partial charge in [0.25, 0.3) is 0 Å². The van der Waals surface area contributed by atoms with Gasteiger partial charge in [0.2, 0.25) is 0 Å². The third-order valence-electron chi connectivity index (χ3n) is 8.78. The highest BCUT2D eigenvalue weighted by Crippen LogP contribution is 2.66. The fraction of sp³-hybridized carbons (Fsp3) is 0.857. The second-order valence-corrected chi connectivity index (χ2v) is 11.1. The van der Waals surface area contributed by atoms with Crippen molar-refractivity contribution >= 4 is 16.2 Å². The van der Waals surface area contributed by atoms with Crippen LogP contribution in [0.5, 0.6) is 0 Å². The minimum Gasteiger partial charge on any atom is -0.392 e. The van der Waals surface area contributed by atoms with Crippen LogP contribution in [0.25, 0.3) is 0 Å². The van der Waals surface area contributed by atoms with E-state index in [0.29, 0.717) is 37.0 Å². The zero-order valence-corrected chi connectivity index (χ0v) is 17.7. The monoisotopic (exact) mass is 412 g/mol. The third kappa shape index (κ3) is 3.09. The lowest BCUT2D eigenvalue weighted by molar-refractivity contribution is -0.130. The molecule has 0 unspecified atom stereocenters. The lowest BCUT2D eigenvalue weighted by Gasteiger charge is -2.57. The summed E-state index contributed by atoms with van der Waals surface area (Å²) in [7, 11) is -4.43. The smallest absolute Gasteiger partial charge is 0.392 e. The summed E-state index contributed by atoms with van der Waals surface area (Å²) in [6, 6.07) is 0. The average molecular weight is 413 g/mol. The van der Waals surface area contributed by atoms with Crippen molar-refractivity contribution in [1.82, 2.24) is 0 Å². The highest BCUT2D eigenvalue weighted by molar-refractivity contribution is 7.80. The second-order valence-electron chi connectivity index (χ2n) is 10.1. The third-order valence-corrected chi connectivity index (χ3v) is 9.30. The van der Waals surface area contributed by atoms with Gasteiger partial charge in [-0.3, -0.25) is 9.35 Å². The maximum atomic E-state index is 12.3. The van der Waals surface area contributed by atoms with Crippen molar-refractivity contribution in [1.29, 1.82) is 0 Å². The Morgan fingerprint density at radius 2 is 1.93 bits per heavy atom. The summed E-state index contributed by atoms with van der Waals surface area (Å²) in [6.45, 7) is 6.11. The van der Waals surface area contributed by atoms with Gasteiger partial charge in [0.1, 0.15) is 5.78 Å². The number of allylic oxidation sites excluding steroid dienone is 1. The molecule has 2 N–H and O–H groups in total. The average Bonchev–Trinajstić information content (AvgIpc) is 2.84. The molecule has 8 atom stereocenters. The Labute approximate surface area is 167 Å². The van der Waals surface area contributed by atoms with Crippen LogP contribution in [-0.4, -0.2) is 36.1 Å². The number of ketones is 1. The number of fused-ring (bicyclic) bond motifs is 5. The first kappa shape index (κ1) is 20.5. The number of aliphatic hydroxyl groups excluding tert-OH is 1. The maximum Gasteiger partial charge on any atom is 0.397 e. The standard InChI is InChI=1S/C21H32O6S/c1-12(22)19-18(23)11-17-15-5-4-13-10-14(27-28(24,25)26)6-8-20(13,2)16(15)7-9-21(17,19)3/h4,14-19,23H,5-11H2,1-3H3,(H,24,25,26)/t14-,15+,16-,17-,18+,19-,20-,21-/m0/s1. The van der Waals surface area contributed by atoms with Crippen molar-refractivity contribution in [2.24, 2.45) is 34.5 Å². The minimum atomic E-state index is -4.43. The van der Waals surface area contributed by atoms with E-state index in [1.54, 1.807) is 6.92 Å². The van der Waals surface area contributed by atoms with Gasteiger partial charge in [0.05, 0.1) is 12.2 Å². The van der Waals surface area contributed by atoms with E-state index in [1.807, 2.05) is 0 Å². The molecular weight excluding hydrogens is 380 g/mol. The Bertz CT molecular complexity index is 804. The molecule has 3 fully saturated rings. The number of hydrogen-bond donors (Lipinski definition) is 2. The van der Waals surface area contributed by atoms with E-state index < -0.39 is 22.6 Å². The number of Topliss-reactive ketones (excluding diaryl/α,β-unsaturated/α-hetero) is 1. The predicted molar refractivity (Wildman–Crippen MR) is 104 cm³/mol. The molecule has 0 aliphatic heterocycles. The van der Waals surface area contributed by atoms with Crippen molar-refractivity contribution in [3.05, 3.63) is 11.6 Å². The first-order valence-corrected chi connectivity index (χ1v) is 11.9. The molecule has 0 aromatic rings. The summed E-state index contributed by atoms with van der Waals surface area (Å²) >= 11 is 0. The molecule has 4 rings (SSSR count). The van der Waals surface area contributed by atoms with Gasteiger partial charge in [0.15, 0.2) is 0 Å². The minimum absolute atomic E-state index is 0.00257. The molecule has 4 aliphatic carbocycles. The van der Waals surface area contributed by atoms with Crippen LogP contribution < -0.4 is 0 Å². The van der Waals surface area contributed by atoms with Crippen LogP contribution in [0, 0.1) is 34.5 Å². The molecule has 0 aromatic carbocycles. The first-order valence-electron chi connectivity index (χ1n) is 10.5. The fourth-order valence-electron chi connectivity index (χ4n) is 7.63. The van der Waals surface area contributed by atoms with Gasteiger partial charge in [-0.25, -0.2) is 4.18 Å². The van der Waals surface area contributed by atoms with Crippen LogP contribution in [0.1, 0.15) is 65.7 Å². The van der Waals surface area contributed by atoms with E-state index in [-0.39, 0.29) is 22.5 Å². The van der Waals surface area contributed by atoms with E-state index in [0.717, 1.165) is 25.7 Å². The van der Waals surface area contributed by atoms with Gasteiger partial charge in [-0.1, -0.05) is 25.5 Å². The molecule has 28 heavy (non-hydrogen) atoms. The molecule has 3 saturated carbocycles. The highest BCUT2D eigenvalue weighted by atomic mass is 32.3. The second kappa shape index (κ2) is 6.62. The summed E-state index contributed by atoms with van der Waals surface area (Å²) in [5, 5.41) is 10.7. The Morgan fingerprint density at radius 3 is 2.57 bits per heavy atom. The number of carbonyl (C=O) groups excluding carboxylic acids is 1. The molecule has 0 amide bonds. The van der Waals surface area contributed by atoms with Crippen LogP contribution in [-0.2, 0) is 19.4 Å². The largest absolute Gasteiger partial charge is 0.397 e. The first-order chi connectivity index (χ1) is 13.0. The Hall–Kier alpha value is -0.760. The predicted octanol–water partition coefficient (Wildman–Crippen LogP) is 3.31. The molecule has 6 nitrogen and oxygen atoms in total. The Balaban J connectivity index is 1.60. The quantitative estimate of drug-likeness (QED) is 0.545. The van der Waals surface area contributed by atoms with Crippen molar-refractivity contribution < 1.29 is 27.1 Å². The van der Waals surface area contributed by atoms with E-state index in [2.05, 4.69) is 19.9 Å². The van der Waals surface area contributed by atoms with Gasteiger partial charge < -0.3 is 5.11 Å². The van der Waals surface area contributed by atoms with Gasteiger partial charge >= 0.3 is 10.4 Å². The van der Waals surface area contributed by atoms with E-state index in [1.165, 1.54) is 5.57 Å². The lowest BCUT2D eigenvalue weighted by atomic mass is 9.47. The van der Waals surface area contributed by atoms with Crippen LogP contribution >= 0.6 is 0 Å². The Kier molecular flexibility index (Phi) is 4.85. The molecule has 7 heteroatoms. The van der Waals surface area contributed by atoms with Crippen molar-refractivity contribution in [3.8, 4) is 0 Å². The Morgan fingerprint density at radius 1 is 1.21 bits per heavy atom. The van der Waals surface area contributed by atoms with Gasteiger partial charge in [-0.05, 0) is 80.5 Å². The van der Waals surface area contributed by atoms with Crippen LogP contribution in [0.4, 0.5) is 0 Å². The van der Waals surface area contributed by atoms with E-state index in [4.69, 9.17) is 8.74 Å². The summed E-state index contributed by atoms with van der Waals surface area (Å²) in [4.78, 5) is 12.3. The topological polar surface area (TPSA) is 101 Å². The zero-order valence-electron chi connectivity index (χ0n) is 16.9. The van der Waals surface area contributed by atoms with Gasteiger partial charge in [-0.15, -0.1) is 0 Å². The van der Waals surface area contributed by atoms with E-state index in [9.17, 15) is 18.3 Å².